The Bertz CT molecular complexity index is 1060. The number of esters is 1. The van der Waals surface area contributed by atoms with E-state index in [-0.39, 0.29) is 17.4 Å². The summed E-state index contributed by atoms with van der Waals surface area (Å²) >= 11 is 0. The number of para-hydroxylation sites is 2. The number of nitro groups is 1. The summed E-state index contributed by atoms with van der Waals surface area (Å²) < 4.78 is 15.7. The maximum absolute atomic E-state index is 11.7. The van der Waals surface area contributed by atoms with Gasteiger partial charge < -0.3 is 19.5 Å². The summed E-state index contributed by atoms with van der Waals surface area (Å²) in [5.74, 6) is -0.0338. The fraction of sp³-hybridized carbons (Fsp3) is 0.150. The molecule has 0 saturated heterocycles. The number of hydrogen-bond donors (Lipinski definition) is 1. The van der Waals surface area contributed by atoms with E-state index in [9.17, 15) is 14.9 Å². The SMILES string of the molecule is CCOc1ccccc1Nc1ncnc(Oc2ccc(C(=O)OC)cc2)c1[N+](=O)[O-]. The molecule has 1 heterocycles. The van der Waals surface area contributed by atoms with Crippen molar-refractivity contribution in [3.63, 3.8) is 0 Å². The van der Waals surface area contributed by atoms with Crippen LogP contribution in [0.5, 0.6) is 17.4 Å². The number of ether oxygens (including phenoxy) is 3. The van der Waals surface area contributed by atoms with Gasteiger partial charge in [0.25, 0.3) is 0 Å². The Hall–Kier alpha value is -4.21. The molecule has 3 aromatic rings. The topological polar surface area (TPSA) is 126 Å². The maximum atomic E-state index is 11.7. The molecule has 0 saturated carbocycles. The molecule has 3 rings (SSSR count). The summed E-state index contributed by atoms with van der Waals surface area (Å²) in [6.45, 7) is 2.27. The predicted octanol–water partition coefficient (Wildman–Crippen LogP) is 4.11. The van der Waals surface area contributed by atoms with Crippen molar-refractivity contribution in [1.29, 1.82) is 0 Å². The number of aromatic nitrogens is 2. The first-order valence-electron chi connectivity index (χ1n) is 8.88. The third-order valence-electron chi connectivity index (χ3n) is 3.90. The number of carbonyl (C=O) groups is 1. The van der Waals surface area contributed by atoms with Crippen LogP contribution in [-0.2, 0) is 4.74 Å². The molecule has 0 unspecified atom stereocenters. The summed E-state index contributed by atoms with van der Waals surface area (Å²) in [5, 5.41) is 14.6. The average Bonchev–Trinajstić information content (AvgIpc) is 2.75. The summed E-state index contributed by atoms with van der Waals surface area (Å²) in [7, 11) is 1.27. The van der Waals surface area contributed by atoms with E-state index >= 15 is 0 Å². The van der Waals surface area contributed by atoms with Gasteiger partial charge >= 0.3 is 17.5 Å². The highest BCUT2D eigenvalue weighted by molar-refractivity contribution is 5.89. The van der Waals surface area contributed by atoms with Crippen molar-refractivity contribution >= 4 is 23.2 Å². The number of methoxy groups -OCH3 is 1. The molecule has 1 aromatic heterocycles. The Kier molecular flexibility index (Phi) is 6.38. The Morgan fingerprint density at radius 3 is 2.53 bits per heavy atom. The fourth-order valence-corrected chi connectivity index (χ4v) is 2.56. The second-order valence-electron chi connectivity index (χ2n) is 5.81. The minimum Gasteiger partial charge on any atom is -0.492 e. The lowest BCUT2D eigenvalue weighted by atomic mass is 10.2. The molecule has 0 radical (unpaired) electrons. The Balaban J connectivity index is 1.92. The van der Waals surface area contributed by atoms with Crippen LogP contribution in [0.1, 0.15) is 17.3 Å². The van der Waals surface area contributed by atoms with Crippen LogP contribution >= 0.6 is 0 Å². The first kappa shape index (κ1) is 20.5. The molecular weight excluding hydrogens is 392 g/mol. The van der Waals surface area contributed by atoms with E-state index in [2.05, 4.69) is 20.0 Å². The lowest BCUT2D eigenvalue weighted by molar-refractivity contribution is -0.385. The molecule has 1 N–H and O–H groups in total. The van der Waals surface area contributed by atoms with Gasteiger partial charge in [-0.05, 0) is 43.3 Å². The fourth-order valence-electron chi connectivity index (χ4n) is 2.56. The lowest BCUT2D eigenvalue weighted by Gasteiger charge is -2.12. The number of carbonyl (C=O) groups excluding carboxylic acids is 1. The molecule has 10 heteroatoms. The molecule has 30 heavy (non-hydrogen) atoms. The smallest absolute Gasteiger partial charge is 0.373 e. The molecular formula is C20H18N4O6. The highest BCUT2D eigenvalue weighted by atomic mass is 16.6. The Morgan fingerprint density at radius 2 is 1.87 bits per heavy atom. The predicted molar refractivity (Wildman–Crippen MR) is 107 cm³/mol. The molecule has 0 fully saturated rings. The summed E-state index contributed by atoms with van der Waals surface area (Å²) in [5.41, 5.74) is 0.382. The van der Waals surface area contributed by atoms with Crippen molar-refractivity contribution in [2.75, 3.05) is 19.0 Å². The minimum absolute atomic E-state index is 0.0525. The molecule has 0 atom stereocenters. The molecule has 0 spiro atoms. The van der Waals surface area contributed by atoms with Gasteiger partial charge in [-0.2, -0.15) is 4.98 Å². The molecule has 0 aliphatic rings. The van der Waals surface area contributed by atoms with E-state index in [0.717, 1.165) is 6.33 Å². The first-order chi connectivity index (χ1) is 14.5. The van der Waals surface area contributed by atoms with Crippen molar-refractivity contribution in [2.24, 2.45) is 0 Å². The number of nitrogens with one attached hydrogen (secondary N) is 1. The van der Waals surface area contributed by atoms with E-state index in [0.29, 0.717) is 23.6 Å². The quantitative estimate of drug-likeness (QED) is 0.332. The molecule has 10 nitrogen and oxygen atoms in total. The molecule has 0 amide bonds. The largest absolute Gasteiger partial charge is 0.492 e. The normalized spacial score (nSPS) is 10.2. The third-order valence-corrected chi connectivity index (χ3v) is 3.90. The number of rotatable bonds is 8. The van der Waals surface area contributed by atoms with Gasteiger partial charge in [0.15, 0.2) is 0 Å². The van der Waals surface area contributed by atoms with Crippen LogP contribution in [0.3, 0.4) is 0 Å². The second kappa shape index (κ2) is 9.32. The van der Waals surface area contributed by atoms with Crippen LogP contribution in [-0.4, -0.2) is 34.6 Å². The minimum atomic E-state index is -0.635. The first-order valence-corrected chi connectivity index (χ1v) is 8.88. The average molecular weight is 410 g/mol. The van der Waals surface area contributed by atoms with E-state index in [1.807, 2.05) is 6.92 Å². The van der Waals surface area contributed by atoms with E-state index in [4.69, 9.17) is 9.47 Å². The Labute approximate surface area is 171 Å². The van der Waals surface area contributed by atoms with Gasteiger partial charge in [-0.15, -0.1) is 0 Å². The van der Waals surface area contributed by atoms with Crippen molar-refractivity contribution in [3.05, 3.63) is 70.5 Å². The van der Waals surface area contributed by atoms with Crippen LogP contribution < -0.4 is 14.8 Å². The lowest BCUT2D eigenvalue weighted by Crippen LogP contribution is -2.05. The zero-order valence-electron chi connectivity index (χ0n) is 16.2. The molecule has 2 aromatic carbocycles. The summed E-state index contributed by atoms with van der Waals surface area (Å²) in [6, 6.07) is 12.9. The van der Waals surface area contributed by atoms with E-state index < -0.39 is 16.6 Å². The zero-order chi connectivity index (χ0) is 21.5. The second-order valence-corrected chi connectivity index (χ2v) is 5.81. The number of nitrogens with zero attached hydrogens (tertiary/aromatic N) is 3. The van der Waals surface area contributed by atoms with Crippen molar-refractivity contribution in [3.8, 4) is 17.4 Å². The van der Waals surface area contributed by atoms with Crippen molar-refractivity contribution in [1.82, 2.24) is 9.97 Å². The number of hydrogen-bond acceptors (Lipinski definition) is 9. The molecule has 0 aliphatic heterocycles. The highest BCUT2D eigenvalue weighted by Crippen LogP contribution is 2.37. The summed E-state index contributed by atoms with van der Waals surface area (Å²) in [4.78, 5) is 30.5. The van der Waals surface area contributed by atoms with Gasteiger partial charge in [0, 0.05) is 0 Å². The van der Waals surface area contributed by atoms with Crippen LogP contribution in [0.15, 0.2) is 54.9 Å². The summed E-state index contributed by atoms with van der Waals surface area (Å²) in [6.07, 6.45) is 1.15. The molecule has 0 aliphatic carbocycles. The van der Waals surface area contributed by atoms with Crippen LogP contribution in [0.4, 0.5) is 17.2 Å². The van der Waals surface area contributed by atoms with Gasteiger partial charge in [-0.1, -0.05) is 12.1 Å². The van der Waals surface area contributed by atoms with E-state index in [1.165, 1.54) is 31.4 Å². The van der Waals surface area contributed by atoms with Gasteiger partial charge in [0.1, 0.15) is 17.8 Å². The van der Waals surface area contributed by atoms with E-state index in [1.54, 1.807) is 24.3 Å². The van der Waals surface area contributed by atoms with Gasteiger partial charge in [-0.3, -0.25) is 10.1 Å². The highest BCUT2D eigenvalue weighted by Gasteiger charge is 2.26. The van der Waals surface area contributed by atoms with Crippen molar-refractivity contribution < 1.29 is 23.9 Å². The molecule has 154 valence electrons. The third kappa shape index (κ3) is 4.61. The zero-order valence-corrected chi connectivity index (χ0v) is 16.2. The van der Waals surface area contributed by atoms with Crippen LogP contribution in [0.25, 0.3) is 0 Å². The van der Waals surface area contributed by atoms with Crippen LogP contribution in [0, 0.1) is 10.1 Å². The Morgan fingerprint density at radius 1 is 1.13 bits per heavy atom. The standard InChI is InChI=1S/C20H18N4O6/c1-3-29-16-7-5-4-6-15(16)23-18-17(24(26)27)19(22-12-21-18)30-14-10-8-13(9-11-14)20(25)28-2/h4-12H,3H2,1-2H3,(H,21,22,23). The maximum Gasteiger partial charge on any atom is 0.373 e. The number of benzene rings is 2. The molecule has 0 bridgehead atoms. The van der Waals surface area contributed by atoms with Gasteiger partial charge in [0.05, 0.1) is 29.9 Å². The van der Waals surface area contributed by atoms with Crippen LogP contribution in [0.2, 0.25) is 0 Å². The monoisotopic (exact) mass is 410 g/mol. The van der Waals surface area contributed by atoms with Crippen molar-refractivity contribution in [2.45, 2.75) is 6.92 Å². The van der Waals surface area contributed by atoms with Gasteiger partial charge in [-0.25, -0.2) is 9.78 Å². The number of anilines is 2. The van der Waals surface area contributed by atoms with Gasteiger partial charge in [0.2, 0.25) is 5.82 Å².